The van der Waals surface area contributed by atoms with Gasteiger partial charge in [-0.15, -0.1) is 0 Å². The van der Waals surface area contributed by atoms with E-state index in [1.54, 1.807) is 24.2 Å². The number of methoxy groups -OCH3 is 1. The third-order valence-electron chi connectivity index (χ3n) is 11.4. The van der Waals surface area contributed by atoms with Gasteiger partial charge in [0.05, 0.1) is 43.6 Å². The zero-order valence-corrected chi connectivity index (χ0v) is 33.1. The van der Waals surface area contributed by atoms with E-state index in [4.69, 9.17) is 33.4 Å². The van der Waals surface area contributed by atoms with Crippen molar-refractivity contribution in [1.29, 1.82) is 0 Å². The Morgan fingerprint density at radius 2 is 1.92 bits per heavy atom. The summed E-state index contributed by atoms with van der Waals surface area (Å²) in [5.41, 5.74) is -0.00832. The van der Waals surface area contributed by atoms with Crippen LogP contribution >= 0.6 is 0 Å². The van der Waals surface area contributed by atoms with Gasteiger partial charge < -0.3 is 38.4 Å². The van der Waals surface area contributed by atoms with E-state index >= 15 is 0 Å². The molecule has 4 aliphatic heterocycles. The Bertz CT molecular complexity index is 1520. The van der Waals surface area contributed by atoms with Gasteiger partial charge in [0.2, 0.25) is 0 Å². The number of pyridine rings is 1. The maximum absolute atomic E-state index is 13.9. The molecule has 1 aromatic heterocycles. The summed E-state index contributed by atoms with van der Waals surface area (Å²) in [7, 11) is 5.41. The molecule has 0 radical (unpaired) electrons. The number of fused-ring (bicyclic) bond motifs is 1. The zero-order chi connectivity index (χ0) is 38.7. The number of amides is 1. The van der Waals surface area contributed by atoms with E-state index in [0.29, 0.717) is 31.5 Å². The van der Waals surface area contributed by atoms with E-state index in [-0.39, 0.29) is 37.2 Å². The van der Waals surface area contributed by atoms with Crippen LogP contribution in [0.4, 0.5) is 4.79 Å². The van der Waals surface area contributed by atoms with Gasteiger partial charge in [0.25, 0.3) is 0 Å². The molecule has 0 saturated carbocycles. The van der Waals surface area contributed by atoms with Gasteiger partial charge in [-0.1, -0.05) is 45.1 Å². The Labute approximate surface area is 314 Å². The summed E-state index contributed by atoms with van der Waals surface area (Å²) in [5, 5.41) is 11.6. The first-order valence-electron chi connectivity index (χ1n) is 18.9. The van der Waals surface area contributed by atoms with E-state index in [1.165, 1.54) is 7.11 Å². The molecule has 294 valence electrons. The highest BCUT2D eigenvalue weighted by Gasteiger charge is 2.60. The summed E-state index contributed by atoms with van der Waals surface area (Å²) >= 11 is 0. The molecule has 2 bridgehead atoms. The third kappa shape index (κ3) is 8.87. The molecule has 0 aromatic carbocycles. The van der Waals surface area contributed by atoms with Crippen LogP contribution in [-0.2, 0) is 33.2 Å². The third-order valence-corrected chi connectivity index (χ3v) is 11.4. The van der Waals surface area contributed by atoms with Crippen molar-refractivity contribution in [1.82, 2.24) is 14.8 Å². The first-order chi connectivity index (χ1) is 25.1. The minimum absolute atomic E-state index is 0.0315. The van der Waals surface area contributed by atoms with Crippen LogP contribution in [0.2, 0.25) is 0 Å². The summed E-state index contributed by atoms with van der Waals surface area (Å²) in [6.07, 6.45) is 6.23. The smallest absolute Gasteiger partial charge is 0.411 e. The highest BCUT2D eigenvalue weighted by atomic mass is 16.7. The zero-order valence-electron chi connectivity index (χ0n) is 33.1. The summed E-state index contributed by atoms with van der Waals surface area (Å²) < 4.78 is 38.0. The van der Waals surface area contributed by atoms with Crippen molar-refractivity contribution < 1.29 is 43.1 Å². The number of nitrogens with zero attached hydrogens (tertiary/aromatic N) is 4. The van der Waals surface area contributed by atoms with Crippen LogP contribution < -0.4 is 0 Å². The molecule has 1 amide bonds. The van der Waals surface area contributed by atoms with Crippen molar-refractivity contribution in [2.24, 2.45) is 22.7 Å². The predicted molar refractivity (Wildman–Crippen MR) is 200 cm³/mol. The van der Waals surface area contributed by atoms with Crippen molar-refractivity contribution in [2.45, 2.75) is 115 Å². The second kappa shape index (κ2) is 17.1. The molecule has 5 heterocycles. The molecule has 0 spiro atoms. The van der Waals surface area contributed by atoms with E-state index < -0.39 is 59.8 Å². The van der Waals surface area contributed by atoms with Crippen molar-refractivity contribution in [3.63, 3.8) is 0 Å². The molecule has 12 atom stereocenters. The van der Waals surface area contributed by atoms with Gasteiger partial charge in [-0.25, -0.2) is 9.59 Å². The number of aliphatic hydroxyl groups is 1. The van der Waals surface area contributed by atoms with Crippen LogP contribution in [0.5, 0.6) is 0 Å². The second-order valence-electron chi connectivity index (χ2n) is 15.9. The molecule has 13 heteroatoms. The number of hydrogen-bond acceptors (Lipinski definition) is 12. The number of esters is 1. The van der Waals surface area contributed by atoms with Gasteiger partial charge in [0.1, 0.15) is 6.10 Å². The van der Waals surface area contributed by atoms with Crippen LogP contribution in [0, 0.1) is 17.8 Å². The molecule has 1 unspecified atom stereocenters. The number of cyclic esters (lactones) is 1. The lowest BCUT2D eigenvalue weighted by molar-refractivity contribution is -0.295. The number of carbonyl (C=O) groups excluding carboxylic acids is 2. The quantitative estimate of drug-likeness (QED) is 0.357. The summed E-state index contributed by atoms with van der Waals surface area (Å²) in [4.78, 5) is 40.4. The fraction of sp³-hybridized carbons (Fsp3) is 0.700. The summed E-state index contributed by atoms with van der Waals surface area (Å²) in [5.74, 6) is -1.39. The number of aliphatic hydroxyl groups excluding tert-OH is 1. The number of aromatic nitrogens is 1. The van der Waals surface area contributed by atoms with E-state index in [1.807, 2.05) is 77.1 Å². The summed E-state index contributed by atoms with van der Waals surface area (Å²) in [6.45, 7) is 14.7. The predicted octanol–water partition coefficient (Wildman–Crippen LogP) is 4.53. The van der Waals surface area contributed by atoms with Crippen LogP contribution in [0.3, 0.4) is 0 Å². The lowest BCUT2D eigenvalue weighted by Gasteiger charge is -2.47. The first-order valence-corrected chi connectivity index (χ1v) is 18.9. The minimum Gasteiger partial charge on any atom is -0.452 e. The second-order valence-corrected chi connectivity index (χ2v) is 15.9. The number of likely N-dealkylation sites (N-methyl/N-ethyl adjacent to an activating group) is 1. The number of ether oxygens (including phenoxy) is 6. The lowest BCUT2D eigenvalue weighted by Crippen LogP contribution is -2.59. The maximum atomic E-state index is 13.9. The lowest BCUT2D eigenvalue weighted by atomic mass is 9.74. The SMILES string of the molecule is COC[C@@H]1OC(=O)/C(C)=C/[C@H](C)[C@@H](O[C@H]2O[C@@H](C)C[C@@H](N(C)C)C2O)[C@@](C)(OC/C=C/c2cccnc2)C[C@@H](C)C2=NCCN3C(=O)O[C@@]1(C)[C@H]3[C@@H]2C. The molecule has 5 rings (SSSR count). The molecule has 1 aromatic rings. The Morgan fingerprint density at radius 1 is 1.17 bits per heavy atom. The van der Waals surface area contributed by atoms with E-state index in [0.717, 1.165) is 11.3 Å². The van der Waals surface area contributed by atoms with Gasteiger partial charge in [0.15, 0.2) is 18.0 Å². The standard InChI is InChI=1S/C40H60N4O9/c1-24-19-25(2)36(46)51-31(23-48-10)40(7)34-28(5)32(42-16-17-44(34)38(47)53-40)26(3)21-39(6,49-18-12-14-29-13-11-15-41-22-29)35(24)52-37-33(45)30(43(8)9)20-27(4)50-37/h11-15,19,22,24,26-28,30-31,33-35,37,45H,16-18,20-21,23H2,1-10H3/b14-12+,25-19+/t24-,26+,27-,28+,30+,31-,33?,34+,35+,37+,39-,40+/m0/s1. The van der Waals surface area contributed by atoms with Crippen molar-refractivity contribution in [3.05, 3.63) is 47.8 Å². The molecule has 13 nitrogen and oxygen atoms in total. The molecule has 1 N–H and O–H groups in total. The number of hydrogen-bond donors (Lipinski definition) is 1. The molecule has 2 saturated heterocycles. The van der Waals surface area contributed by atoms with Gasteiger partial charge in [-0.3, -0.25) is 14.9 Å². The fourth-order valence-electron chi connectivity index (χ4n) is 8.91. The molecule has 4 aliphatic rings. The largest absolute Gasteiger partial charge is 0.452 e. The van der Waals surface area contributed by atoms with Gasteiger partial charge in [-0.05, 0) is 72.2 Å². The number of carbonyl (C=O) groups is 2. The van der Waals surface area contributed by atoms with Crippen LogP contribution in [0.1, 0.15) is 66.9 Å². The van der Waals surface area contributed by atoms with Crippen LogP contribution in [-0.4, -0.2) is 139 Å². The molecule has 53 heavy (non-hydrogen) atoms. The van der Waals surface area contributed by atoms with E-state index in [9.17, 15) is 14.7 Å². The van der Waals surface area contributed by atoms with Gasteiger partial charge in [-0.2, -0.15) is 0 Å². The summed E-state index contributed by atoms with van der Waals surface area (Å²) in [6, 6.07) is 3.18. The Hall–Kier alpha value is -3.20. The maximum Gasteiger partial charge on any atom is 0.411 e. The first kappa shape index (κ1) is 41.0. The Morgan fingerprint density at radius 3 is 2.60 bits per heavy atom. The fourth-order valence-corrected chi connectivity index (χ4v) is 8.91. The van der Waals surface area contributed by atoms with E-state index in [2.05, 4.69) is 18.8 Å². The highest BCUT2D eigenvalue weighted by Crippen LogP contribution is 2.43. The van der Waals surface area contributed by atoms with Gasteiger partial charge in [0, 0.05) is 55.2 Å². The molecule has 2 fully saturated rings. The highest BCUT2D eigenvalue weighted by molar-refractivity contribution is 5.91. The van der Waals surface area contributed by atoms with Crippen molar-refractivity contribution in [2.75, 3.05) is 47.5 Å². The Kier molecular flexibility index (Phi) is 13.2. The average Bonchev–Trinajstić information content (AvgIpc) is 3.23. The van der Waals surface area contributed by atoms with Crippen LogP contribution in [0.15, 0.2) is 47.2 Å². The molecular formula is C40H60N4O9. The topological polar surface area (TPSA) is 141 Å². The van der Waals surface area contributed by atoms with Gasteiger partial charge >= 0.3 is 12.1 Å². The molecule has 0 aliphatic carbocycles. The van der Waals surface area contributed by atoms with Crippen molar-refractivity contribution in [3.8, 4) is 0 Å². The normalized spacial score (nSPS) is 39.5. The minimum atomic E-state index is -1.21. The number of rotatable bonds is 9. The molecular weight excluding hydrogens is 680 g/mol. The number of aliphatic imine (C=N–C) groups is 1. The average molecular weight is 741 g/mol. The monoisotopic (exact) mass is 740 g/mol. The Balaban J connectivity index is 1.61. The van der Waals surface area contributed by atoms with Crippen LogP contribution in [0.25, 0.3) is 6.08 Å². The van der Waals surface area contributed by atoms with Crippen molar-refractivity contribution >= 4 is 23.9 Å².